The minimum Gasteiger partial charge on any atom is -0.380 e. The maximum atomic E-state index is 5.49. The second-order valence-electron chi connectivity index (χ2n) is 4.95. The number of methoxy groups -OCH3 is 1. The van der Waals surface area contributed by atoms with Crippen LogP contribution in [0.1, 0.15) is 12.8 Å². The van der Waals surface area contributed by atoms with Crippen molar-refractivity contribution in [3.63, 3.8) is 0 Å². The van der Waals surface area contributed by atoms with Crippen LogP contribution in [0.15, 0.2) is 24.5 Å². The number of rotatable bonds is 2. The largest absolute Gasteiger partial charge is 0.380 e. The van der Waals surface area contributed by atoms with Crippen molar-refractivity contribution in [1.29, 1.82) is 0 Å². The van der Waals surface area contributed by atoms with Crippen molar-refractivity contribution in [2.24, 2.45) is 7.05 Å². The summed E-state index contributed by atoms with van der Waals surface area (Å²) < 4.78 is 7.56. The van der Waals surface area contributed by atoms with Gasteiger partial charge in [0, 0.05) is 27.2 Å². The van der Waals surface area contributed by atoms with Crippen molar-refractivity contribution in [3.8, 4) is 0 Å². The van der Waals surface area contributed by atoms with Gasteiger partial charge in [-0.05, 0) is 25.0 Å². The molecule has 0 radical (unpaired) electrons. The maximum Gasteiger partial charge on any atom is 0.112 e. The molecule has 0 bridgehead atoms. The summed E-state index contributed by atoms with van der Waals surface area (Å²) in [7, 11) is 3.84. The Balaban J connectivity index is 1.98. The molecule has 0 saturated carbocycles. The number of ether oxygens (including phenoxy) is 1. The van der Waals surface area contributed by atoms with Gasteiger partial charge in [0.25, 0.3) is 0 Å². The molecule has 2 aromatic rings. The molecule has 96 valence electrons. The van der Waals surface area contributed by atoms with Gasteiger partial charge in [0.15, 0.2) is 0 Å². The van der Waals surface area contributed by atoms with Crippen LogP contribution in [0.3, 0.4) is 0 Å². The summed E-state index contributed by atoms with van der Waals surface area (Å²) in [5.41, 5.74) is 3.51. The van der Waals surface area contributed by atoms with E-state index in [1.54, 1.807) is 7.11 Å². The van der Waals surface area contributed by atoms with Crippen LogP contribution in [0.25, 0.3) is 11.0 Å². The smallest absolute Gasteiger partial charge is 0.112 e. The van der Waals surface area contributed by atoms with E-state index in [2.05, 4.69) is 32.7 Å². The Kier molecular flexibility index (Phi) is 2.96. The molecule has 0 N–H and O–H groups in total. The van der Waals surface area contributed by atoms with Crippen LogP contribution in [-0.2, 0) is 11.8 Å². The Morgan fingerprint density at radius 1 is 1.39 bits per heavy atom. The van der Waals surface area contributed by atoms with Crippen LogP contribution in [0.2, 0.25) is 0 Å². The summed E-state index contributed by atoms with van der Waals surface area (Å²) in [6.45, 7) is 2.06. The van der Waals surface area contributed by atoms with Gasteiger partial charge in [-0.15, -0.1) is 0 Å². The molecule has 0 aliphatic carbocycles. The second kappa shape index (κ2) is 4.61. The lowest BCUT2D eigenvalue weighted by molar-refractivity contribution is 0.0894. The van der Waals surface area contributed by atoms with Gasteiger partial charge in [0.1, 0.15) is 5.52 Å². The molecule has 2 heterocycles. The number of imidazole rings is 1. The van der Waals surface area contributed by atoms with E-state index >= 15 is 0 Å². The first-order valence-corrected chi connectivity index (χ1v) is 6.47. The molecule has 0 unspecified atom stereocenters. The van der Waals surface area contributed by atoms with Crippen LogP contribution in [0, 0.1) is 0 Å². The Morgan fingerprint density at radius 3 is 3.11 bits per heavy atom. The van der Waals surface area contributed by atoms with E-state index in [1.807, 2.05) is 13.4 Å². The Morgan fingerprint density at radius 2 is 2.28 bits per heavy atom. The number of piperidine rings is 1. The zero-order valence-electron chi connectivity index (χ0n) is 11.0. The molecule has 1 saturated heterocycles. The fourth-order valence-electron chi connectivity index (χ4n) is 2.75. The second-order valence-corrected chi connectivity index (χ2v) is 4.95. The molecule has 0 spiro atoms. The minimum atomic E-state index is 0.345. The summed E-state index contributed by atoms with van der Waals surface area (Å²) >= 11 is 0. The van der Waals surface area contributed by atoms with Gasteiger partial charge in [-0.3, -0.25) is 0 Å². The molecule has 1 aliphatic heterocycles. The van der Waals surface area contributed by atoms with Gasteiger partial charge in [0.2, 0.25) is 0 Å². The lowest BCUT2D eigenvalue weighted by atomic mass is 10.1. The average molecular weight is 245 g/mol. The van der Waals surface area contributed by atoms with Crippen molar-refractivity contribution in [2.75, 3.05) is 25.1 Å². The van der Waals surface area contributed by atoms with Crippen molar-refractivity contribution in [1.82, 2.24) is 9.55 Å². The standard InChI is InChI=1S/C14H19N3O/c1-16-10-15-14-12(16)6-3-7-13(14)17-8-4-5-11(9-17)18-2/h3,6-7,10-11H,4-5,8-9H2,1-2H3/t11-/m1/s1. The third-order valence-corrected chi connectivity index (χ3v) is 3.79. The molecule has 4 nitrogen and oxygen atoms in total. The van der Waals surface area contributed by atoms with Gasteiger partial charge < -0.3 is 14.2 Å². The molecule has 3 rings (SSSR count). The normalized spacial score (nSPS) is 20.6. The third-order valence-electron chi connectivity index (χ3n) is 3.79. The predicted octanol–water partition coefficient (Wildman–Crippen LogP) is 2.19. The molecule has 1 aromatic heterocycles. The van der Waals surface area contributed by atoms with E-state index in [-0.39, 0.29) is 0 Å². The monoisotopic (exact) mass is 245 g/mol. The number of benzene rings is 1. The van der Waals surface area contributed by atoms with E-state index in [0.717, 1.165) is 25.0 Å². The highest BCUT2D eigenvalue weighted by atomic mass is 16.5. The Hall–Kier alpha value is -1.55. The Labute approximate surface area is 107 Å². The van der Waals surface area contributed by atoms with Crippen molar-refractivity contribution < 1.29 is 4.74 Å². The molecule has 18 heavy (non-hydrogen) atoms. The molecule has 1 fully saturated rings. The maximum absolute atomic E-state index is 5.49. The highest BCUT2D eigenvalue weighted by Gasteiger charge is 2.21. The number of nitrogens with zero attached hydrogens (tertiary/aromatic N) is 3. The minimum absolute atomic E-state index is 0.345. The van der Waals surface area contributed by atoms with Crippen LogP contribution in [0.4, 0.5) is 5.69 Å². The summed E-state index contributed by atoms with van der Waals surface area (Å²) in [6, 6.07) is 6.38. The van der Waals surface area contributed by atoms with Gasteiger partial charge in [-0.25, -0.2) is 4.98 Å². The van der Waals surface area contributed by atoms with Crippen LogP contribution in [-0.4, -0.2) is 35.9 Å². The third kappa shape index (κ3) is 1.86. The SMILES string of the molecule is CO[C@@H]1CCCN(c2cccc3c2ncn3C)C1. The van der Waals surface area contributed by atoms with Crippen LogP contribution in [0.5, 0.6) is 0 Å². The van der Waals surface area contributed by atoms with Crippen LogP contribution < -0.4 is 4.90 Å². The van der Waals surface area contributed by atoms with Gasteiger partial charge in [-0.1, -0.05) is 6.07 Å². The summed E-state index contributed by atoms with van der Waals surface area (Å²) in [6.07, 6.45) is 4.57. The number of para-hydroxylation sites is 1. The molecule has 4 heteroatoms. The molecular weight excluding hydrogens is 226 g/mol. The fourth-order valence-corrected chi connectivity index (χ4v) is 2.75. The van der Waals surface area contributed by atoms with Gasteiger partial charge in [0.05, 0.1) is 23.6 Å². The first-order valence-electron chi connectivity index (χ1n) is 6.47. The molecule has 1 aromatic carbocycles. The highest BCUT2D eigenvalue weighted by Crippen LogP contribution is 2.28. The number of aryl methyl sites for hydroxylation is 1. The molecule has 1 atom stereocenters. The van der Waals surface area contributed by atoms with E-state index in [0.29, 0.717) is 6.10 Å². The van der Waals surface area contributed by atoms with Crippen molar-refractivity contribution >= 4 is 16.7 Å². The summed E-state index contributed by atoms with van der Waals surface area (Å²) in [5.74, 6) is 0. The zero-order chi connectivity index (χ0) is 12.5. The average Bonchev–Trinajstić information content (AvgIpc) is 2.81. The zero-order valence-corrected chi connectivity index (χ0v) is 11.0. The fraction of sp³-hybridized carbons (Fsp3) is 0.500. The lowest BCUT2D eigenvalue weighted by Gasteiger charge is -2.33. The van der Waals surface area contributed by atoms with E-state index in [9.17, 15) is 0 Å². The number of anilines is 1. The highest BCUT2D eigenvalue weighted by molar-refractivity contribution is 5.89. The molecule has 0 amide bonds. The quantitative estimate of drug-likeness (QED) is 0.812. The molecule has 1 aliphatic rings. The predicted molar refractivity (Wildman–Crippen MR) is 73.0 cm³/mol. The van der Waals surface area contributed by atoms with E-state index in [1.165, 1.54) is 17.6 Å². The number of hydrogen-bond donors (Lipinski definition) is 0. The van der Waals surface area contributed by atoms with E-state index < -0.39 is 0 Å². The van der Waals surface area contributed by atoms with Gasteiger partial charge >= 0.3 is 0 Å². The summed E-state index contributed by atoms with van der Waals surface area (Å²) in [4.78, 5) is 6.92. The topological polar surface area (TPSA) is 30.3 Å². The van der Waals surface area contributed by atoms with Gasteiger partial charge in [-0.2, -0.15) is 0 Å². The first-order chi connectivity index (χ1) is 8.79. The molecular formula is C14H19N3O. The summed E-state index contributed by atoms with van der Waals surface area (Å²) in [5, 5.41) is 0. The van der Waals surface area contributed by atoms with Crippen molar-refractivity contribution in [2.45, 2.75) is 18.9 Å². The van der Waals surface area contributed by atoms with Crippen LogP contribution >= 0.6 is 0 Å². The number of hydrogen-bond acceptors (Lipinski definition) is 3. The number of aromatic nitrogens is 2. The van der Waals surface area contributed by atoms with E-state index in [4.69, 9.17) is 4.74 Å². The number of fused-ring (bicyclic) bond motifs is 1. The lowest BCUT2D eigenvalue weighted by Crippen LogP contribution is -2.39. The first kappa shape index (κ1) is 11.5. The Bertz CT molecular complexity index is 549. The van der Waals surface area contributed by atoms with Crippen molar-refractivity contribution in [3.05, 3.63) is 24.5 Å².